The van der Waals surface area contributed by atoms with E-state index in [1.165, 1.54) is 30.5 Å². The Labute approximate surface area is 158 Å². The smallest absolute Gasteiger partial charge is 0.363 e. The lowest BCUT2D eigenvalue weighted by molar-refractivity contribution is -0.166. The van der Waals surface area contributed by atoms with Crippen molar-refractivity contribution >= 4 is 17.4 Å². The summed E-state index contributed by atoms with van der Waals surface area (Å²) in [5.41, 5.74) is -1.24. The Bertz CT molecular complexity index is 893. The summed E-state index contributed by atoms with van der Waals surface area (Å²) < 4.78 is 52.2. The van der Waals surface area contributed by atoms with E-state index in [-0.39, 0.29) is 28.9 Å². The molecule has 1 heterocycles. The highest BCUT2D eigenvalue weighted by Gasteiger charge is 2.71. The van der Waals surface area contributed by atoms with Gasteiger partial charge in [0.05, 0.1) is 0 Å². The molecule has 1 aromatic carbocycles. The number of carbonyl (C=O) groups excluding carboxylic acids is 1. The summed E-state index contributed by atoms with van der Waals surface area (Å²) in [7, 11) is 0. The van der Waals surface area contributed by atoms with Crippen molar-refractivity contribution in [2.75, 3.05) is 10.6 Å². The fourth-order valence-electron chi connectivity index (χ4n) is 4.41. The van der Waals surface area contributed by atoms with Crippen molar-refractivity contribution in [3.63, 3.8) is 0 Å². The number of anilines is 2. The van der Waals surface area contributed by atoms with Gasteiger partial charge in [-0.3, -0.25) is 4.79 Å². The van der Waals surface area contributed by atoms with Crippen LogP contribution >= 0.6 is 0 Å². The van der Waals surface area contributed by atoms with Crippen molar-refractivity contribution in [2.45, 2.75) is 37.9 Å². The van der Waals surface area contributed by atoms with Gasteiger partial charge >= 0.3 is 6.18 Å². The first-order chi connectivity index (χ1) is 13.1. The van der Waals surface area contributed by atoms with E-state index in [0.717, 1.165) is 6.20 Å². The third-order valence-electron chi connectivity index (χ3n) is 5.85. The summed E-state index contributed by atoms with van der Waals surface area (Å²) in [6, 6.07) is 5.49. The van der Waals surface area contributed by atoms with Gasteiger partial charge in [0.1, 0.15) is 5.82 Å². The minimum absolute atomic E-state index is 0.185. The normalized spacial score (nSPS) is 26.6. The van der Waals surface area contributed by atoms with Gasteiger partial charge in [-0.1, -0.05) is 6.92 Å². The summed E-state index contributed by atoms with van der Waals surface area (Å²) in [6.07, 6.45) is -0.583. The molecule has 2 bridgehead atoms. The van der Waals surface area contributed by atoms with Gasteiger partial charge in [0, 0.05) is 29.5 Å². The highest BCUT2D eigenvalue weighted by molar-refractivity contribution is 5.93. The van der Waals surface area contributed by atoms with E-state index >= 15 is 0 Å². The first-order valence-electron chi connectivity index (χ1n) is 8.85. The first-order valence-corrected chi connectivity index (χ1v) is 8.85. The monoisotopic (exact) mass is 394 g/mol. The predicted molar refractivity (Wildman–Crippen MR) is 93.9 cm³/mol. The van der Waals surface area contributed by atoms with Crippen LogP contribution in [-0.2, 0) is 11.0 Å². The Morgan fingerprint density at radius 1 is 1.11 bits per heavy atom. The van der Waals surface area contributed by atoms with Crippen LogP contribution in [0.15, 0.2) is 36.7 Å². The molecule has 9 heteroatoms. The van der Waals surface area contributed by atoms with E-state index in [1.807, 2.05) is 6.92 Å². The Morgan fingerprint density at radius 2 is 1.71 bits per heavy atom. The molecule has 3 fully saturated rings. The molecular formula is C19H18F4N4O. The van der Waals surface area contributed by atoms with Crippen molar-refractivity contribution in [3.8, 4) is 0 Å². The summed E-state index contributed by atoms with van der Waals surface area (Å²) in [6.45, 7) is 1.81. The minimum Gasteiger partial charge on any atom is -0.363 e. The topological polar surface area (TPSA) is 66.9 Å². The molecule has 2 N–H and O–H groups in total. The molecule has 3 saturated carbocycles. The fraction of sp³-hybridized carbons (Fsp3) is 0.421. The van der Waals surface area contributed by atoms with Gasteiger partial charge in [-0.05, 0) is 48.9 Å². The number of rotatable bonds is 5. The van der Waals surface area contributed by atoms with E-state index in [0.29, 0.717) is 24.9 Å². The molecule has 1 aromatic heterocycles. The fourth-order valence-corrected chi connectivity index (χ4v) is 4.41. The van der Waals surface area contributed by atoms with Crippen LogP contribution < -0.4 is 10.6 Å². The highest BCUT2D eigenvalue weighted by Crippen LogP contribution is 2.71. The molecule has 3 aliphatic rings. The molecule has 1 unspecified atom stereocenters. The van der Waals surface area contributed by atoms with Gasteiger partial charge < -0.3 is 10.6 Å². The lowest BCUT2D eigenvalue weighted by atomic mass is 9.36. The average molecular weight is 394 g/mol. The Morgan fingerprint density at radius 3 is 2.32 bits per heavy atom. The van der Waals surface area contributed by atoms with Crippen LogP contribution in [0.4, 0.5) is 29.1 Å². The Kier molecular flexibility index (Phi) is 4.09. The molecule has 28 heavy (non-hydrogen) atoms. The third kappa shape index (κ3) is 3.08. The number of benzene rings is 1. The second kappa shape index (κ2) is 6.15. The number of amides is 1. The summed E-state index contributed by atoms with van der Waals surface area (Å²) in [5, 5.41) is 5.67. The Hall–Kier alpha value is -2.71. The number of nitrogens with one attached hydrogen (secondary N) is 2. The van der Waals surface area contributed by atoms with Crippen molar-refractivity contribution < 1.29 is 22.4 Å². The quantitative estimate of drug-likeness (QED) is 0.745. The van der Waals surface area contributed by atoms with Gasteiger partial charge in [-0.25, -0.2) is 14.4 Å². The Balaban J connectivity index is 1.39. The van der Waals surface area contributed by atoms with Crippen molar-refractivity contribution in [1.82, 2.24) is 9.97 Å². The number of halogens is 4. The van der Waals surface area contributed by atoms with Crippen LogP contribution in [0.2, 0.25) is 0 Å². The van der Waals surface area contributed by atoms with Gasteiger partial charge in [-0.15, -0.1) is 0 Å². The van der Waals surface area contributed by atoms with Crippen molar-refractivity contribution in [2.24, 2.45) is 11.3 Å². The lowest BCUT2D eigenvalue weighted by Gasteiger charge is -2.72. The molecule has 3 aliphatic carbocycles. The number of hydrogen-bond donors (Lipinski definition) is 2. The highest BCUT2D eigenvalue weighted by atomic mass is 19.4. The average Bonchev–Trinajstić information content (AvgIpc) is 2.57. The second-order valence-electron chi connectivity index (χ2n) is 7.77. The lowest BCUT2D eigenvalue weighted by Crippen LogP contribution is -2.74. The molecular weight excluding hydrogens is 376 g/mol. The van der Waals surface area contributed by atoms with Gasteiger partial charge in [-0.2, -0.15) is 13.2 Å². The number of nitrogens with zero attached hydrogens (tertiary/aromatic N) is 2. The summed E-state index contributed by atoms with van der Waals surface area (Å²) >= 11 is 0. The van der Waals surface area contributed by atoms with E-state index in [1.54, 1.807) is 0 Å². The third-order valence-corrected chi connectivity index (χ3v) is 5.85. The summed E-state index contributed by atoms with van der Waals surface area (Å²) in [4.78, 5) is 19.7. The maximum atomic E-state index is 13.1. The van der Waals surface area contributed by atoms with Crippen molar-refractivity contribution in [3.05, 3.63) is 48.2 Å². The van der Waals surface area contributed by atoms with Crippen molar-refractivity contribution in [1.29, 1.82) is 0 Å². The van der Waals surface area contributed by atoms with E-state index in [2.05, 4.69) is 20.6 Å². The predicted octanol–water partition coefficient (Wildman–Crippen LogP) is 4.24. The molecule has 0 aliphatic heterocycles. The second-order valence-corrected chi connectivity index (χ2v) is 7.77. The van der Waals surface area contributed by atoms with Crippen LogP contribution in [-0.4, -0.2) is 21.4 Å². The number of aromatic nitrogens is 2. The molecule has 2 aromatic rings. The molecule has 0 saturated heterocycles. The minimum atomic E-state index is -4.58. The zero-order chi connectivity index (χ0) is 20.2. The van der Waals surface area contributed by atoms with E-state index in [4.69, 9.17) is 0 Å². The van der Waals surface area contributed by atoms with Gasteiger partial charge in [0.25, 0.3) is 0 Å². The molecule has 5 rings (SSSR count). The maximum Gasteiger partial charge on any atom is 0.437 e. The van der Waals surface area contributed by atoms with E-state index in [9.17, 15) is 22.4 Å². The van der Waals surface area contributed by atoms with Crippen LogP contribution in [0.3, 0.4) is 0 Å². The standard InChI is InChI=1S/C19H18F4N4O/c1-11(16(28)26-13-4-2-12(20)3-5-13)17-8-18(9-17,10-17)27-15-14(19(21,22)23)24-6-7-25-15/h2-7,11H,8-10H2,1H3,(H,25,27)(H,26,28). The zero-order valence-electron chi connectivity index (χ0n) is 15.0. The molecule has 148 valence electrons. The molecule has 1 amide bonds. The SMILES string of the molecule is CC(C(=O)Nc1ccc(F)cc1)C12CC(Nc3nccnc3C(F)(F)F)(C1)C2. The molecule has 1 atom stereocenters. The van der Waals surface area contributed by atoms with Crippen LogP contribution in [0.1, 0.15) is 31.9 Å². The zero-order valence-corrected chi connectivity index (χ0v) is 15.0. The molecule has 5 nitrogen and oxygen atoms in total. The van der Waals surface area contributed by atoms with Crippen LogP contribution in [0.5, 0.6) is 0 Å². The van der Waals surface area contributed by atoms with Gasteiger partial charge in [0.2, 0.25) is 5.91 Å². The van der Waals surface area contributed by atoms with Crippen LogP contribution in [0.25, 0.3) is 0 Å². The van der Waals surface area contributed by atoms with Gasteiger partial charge in [0.15, 0.2) is 11.5 Å². The van der Waals surface area contributed by atoms with Crippen LogP contribution in [0, 0.1) is 17.2 Å². The maximum absolute atomic E-state index is 13.1. The number of alkyl halides is 3. The largest absolute Gasteiger partial charge is 0.437 e. The first kappa shape index (κ1) is 18.6. The number of carbonyl (C=O) groups is 1. The number of hydrogen-bond acceptors (Lipinski definition) is 4. The molecule has 0 radical (unpaired) electrons. The van der Waals surface area contributed by atoms with E-state index < -0.39 is 17.4 Å². The molecule has 0 spiro atoms. The summed E-state index contributed by atoms with van der Waals surface area (Å²) in [5.74, 6) is -1.16.